The summed E-state index contributed by atoms with van der Waals surface area (Å²) in [4.78, 5) is 9.83. The maximum Gasteiger partial charge on any atom is 0.171 e. The van der Waals surface area contributed by atoms with Gasteiger partial charge in [0.25, 0.3) is 0 Å². The van der Waals surface area contributed by atoms with Crippen LogP contribution in [0, 0.1) is 6.92 Å². The van der Waals surface area contributed by atoms with Crippen molar-refractivity contribution < 1.29 is 4.74 Å². The van der Waals surface area contributed by atoms with Crippen LogP contribution in [0.15, 0.2) is 24.3 Å². The van der Waals surface area contributed by atoms with Gasteiger partial charge in [0.05, 0.1) is 16.3 Å². The molecule has 0 N–H and O–H groups in total. The van der Waals surface area contributed by atoms with Crippen molar-refractivity contribution in [3.8, 4) is 16.5 Å². The van der Waals surface area contributed by atoms with Crippen molar-refractivity contribution in [3.63, 3.8) is 0 Å². The summed E-state index contributed by atoms with van der Waals surface area (Å²) in [6.07, 6.45) is 0. The number of thiophene rings is 1. The topological polar surface area (TPSA) is 35.0 Å². The molecule has 0 aliphatic rings. The highest BCUT2D eigenvalue weighted by atomic mass is 35.5. The Labute approximate surface area is 130 Å². The number of benzene rings is 1. The lowest BCUT2D eigenvalue weighted by Gasteiger charge is -2.09. The van der Waals surface area contributed by atoms with E-state index in [0.717, 1.165) is 15.8 Å². The molecule has 0 aliphatic carbocycles. The number of ether oxygens (including phenoxy) is 1. The SMILES string of the molecule is COc1ccc(C)c2c(Cl)nc(-c3ccc(Cl)s3)nc12. The van der Waals surface area contributed by atoms with E-state index in [2.05, 4.69) is 9.97 Å². The van der Waals surface area contributed by atoms with Crippen molar-refractivity contribution >= 4 is 45.4 Å². The summed E-state index contributed by atoms with van der Waals surface area (Å²) in [5.74, 6) is 1.24. The van der Waals surface area contributed by atoms with Gasteiger partial charge in [-0.1, -0.05) is 29.3 Å². The van der Waals surface area contributed by atoms with E-state index in [9.17, 15) is 0 Å². The largest absolute Gasteiger partial charge is 0.494 e. The molecule has 0 aliphatic heterocycles. The minimum absolute atomic E-state index is 0.422. The van der Waals surface area contributed by atoms with E-state index in [1.54, 1.807) is 7.11 Å². The molecule has 3 rings (SSSR count). The van der Waals surface area contributed by atoms with Crippen molar-refractivity contribution in [2.45, 2.75) is 6.92 Å². The molecule has 0 unspecified atom stereocenters. The first-order valence-electron chi connectivity index (χ1n) is 5.86. The average molecular weight is 325 g/mol. The minimum atomic E-state index is 0.422. The van der Waals surface area contributed by atoms with Gasteiger partial charge in [0.2, 0.25) is 0 Å². The van der Waals surface area contributed by atoms with Gasteiger partial charge in [0.1, 0.15) is 16.4 Å². The Morgan fingerprint density at radius 3 is 2.55 bits per heavy atom. The number of nitrogens with zero attached hydrogens (tertiary/aromatic N) is 2. The first-order chi connectivity index (χ1) is 9.60. The van der Waals surface area contributed by atoms with Crippen LogP contribution in [0.2, 0.25) is 9.49 Å². The lowest BCUT2D eigenvalue weighted by atomic mass is 10.1. The van der Waals surface area contributed by atoms with Gasteiger partial charge in [0, 0.05) is 5.39 Å². The fraction of sp³-hybridized carbons (Fsp3) is 0.143. The van der Waals surface area contributed by atoms with Gasteiger partial charge in [-0.2, -0.15) is 0 Å². The normalized spacial score (nSPS) is 11.0. The average Bonchev–Trinajstić information content (AvgIpc) is 2.85. The van der Waals surface area contributed by atoms with Gasteiger partial charge < -0.3 is 4.74 Å². The molecule has 3 nitrogen and oxygen atoms in total. The molecular formula is C14H10Cl2N2OS. The monoisotopic (exact) mass is 324 g/mol. The van der Waals surface area contributed by atoms with Crippen molar-refractivity contribution in [2.24, 2.45) is 0 Å². The Bertz CT molecular complexity index is 801. The van der Waals surface area contributed by atoms with Gasteiger partial charge in [-0.15, -0.1) is 11.3 Å². The van der Waals surface area contributed by atoms with Crippen LogP contribution in [0.3, 0.4) is 0 Å². The van der Waals surface area contributed by atoms with E-state index in [1.807, 2.05) is 31.2 Å². The molecule has 1 aromatic carbocycles. The van der Waals surface area contributed by atoms with Gasteiger partial charge >= 0.3 is 0 Å². The number of aryl methyl sites for hydroxylation is 1. The zero-order chi connectivity index (χ0) is 14.3. The van der Waals surface area contributed by atoms with Crippen LogP contribution in [-0.4, -0.2) is 17.1 Å². The number of fused-ring (bicyclic) bond motifs is 1. The van der Waals surface area contributed by atoms with Crippen LogP contribution in [-0.2, 0) is 0 Å². The molecule has 0 atom stereocenters. The van der Waals surface area contributed by atoms with E-state index in [-0.39, 0.29) is 0 Å². The quantitative estimate of drug-likeness (QED) is 0.623. The number of hydrogen-bond acceptors (Lipinski definition) is 4. The van der Waals surface area contributed by atoms with Gasteiger partial charge in [-0.05, 0) is 30.7 Å². The van der Waals surface area contributed by atoms with Crippen molar-refractivity contribution in [2.75, 3.05) is 7.11 Å². The van der Waals surface area contributed by atoms with E-state index in [4.69, 9.17) is 27.9 Å². The first-order valence-corrected chi connectivity index (χ1v) is 7.44. The van der Waals surface area contributed by atoms with E-state index in [1.165, 1.54) is 11.3 Å². The molecule has 2 heterocycles. The van der Waals surface area contributed by atoms with E-state index < -0.39 is 0 Å². The molecular weight excluding hydrogens is 315 g/mol. The van der Waals surface area contributed by atoms with Gasteiger partial charge in [0.15, 0.2) is 5.82 Å². The standard InChI is InChI=1S/C14H10Cl2N2OS/c1-7-3-4-8(19-2)12-11(7)13(16)18-14(17-12)9-5-6-10(15)20-9/h3-6H,1-2H3. The molecule has 20 heavy (non-hydrogen) atoms. The molecule has 0 spiro atoms. The first kappa shape index (κ1) is 13.6. The van der Waals surface area contributed by atoms with Crippen LogP contribution >= 0.6 is 34.5 Å². The lowest BCUT2D eigenvalue weighted by Crippen LogP contribution is -1.95. The second kappa shape index (κ2) is 5.20. The molecule has 2 aromatic heterocycles. The fourth-order valence-corrected chi connectivity index (χ4v) is 3.33. The summed E-state index contributed by atoms with van der Waals surface area (Å²) in [5.41, 5.74) is 1.73. The predicted molar refractivity (Wildman–Crippen MR) is 84.2 cm³/mol. The van der Waals surface area contributed by atoms with Crippen LogP contribution in [0.1, 0.15) is 5.56 Å². The van der Waals surface area contributed by atoms with Crippen LogP contribution in [0.25, 0.3) is 21.6 Å². The minimum Gasteiger partial charge on any atom is -0.494 e. The Morgan fingerprint density at radius 1 is 1.10 bits per heavy atom. The third-order valence-electron chi connectivity index (χ3n) is 2.99. The predicted octanol–water partition coefficient (Wildman–Crippen LogP) is 4.98. The second-order valence-electron chi connectivity index (χ2n) is 4.25. The zero-order valence-electron chi connectivity index (χ0n) is 10.8. The lowest BCUT2D eigenvalue weighted by molar-refractivity contribution is 0.419. The molecule has 0 saturated heterocycles. The molecule has 0 radical (unpaired) electrons. The summed E-state index contributed by atoms with van der Waals surface area (Å²) in [7, 11) is 1.61. The molecule has 0 bridgehead atoms. The number of aromatic nitrogens is 2. The van der Waals surface area contributed by atoms with Gasteiger partial charge in [-0.25, -0.2) is 9.97 Å². The summed E-state index contributed by atoms with van der Waals surface area (Å²) in [5, 5.41) is 1.24. The Balaban J connectivity index is 2.32. The number of methoxy groups -OCH3 is 1. The van der Waals surface area contributed by atoms with Crippen molar-refractivity contribution in [1.82, 2.24) is 9.97 Å². The molecule has 0 saturated carbocycles. The molecule has 102 valence electrons. The summed E-state index contributed by atoms with van der Waals surface area (Å²) in [6.45, 7) is 1.97. The van der Waals surface area contributed by atoms with Crippen molar-refractivity contribution in [3.05, 3.63) is 39.3 Å². The van der Waals surface area contributed by atoms with Crippen LogP contribution in [0.4, 0.5) is 0 Å². The third-order valence-corrected chi connectivity index (χ3v) is 4.49. The van der Waals surface area contributed by atoms with E-state index >= 15 is 0 Å². The molecule has 0 fully saturated rings. The fourth-order valence-electron chi connectivity index (χ4n) is 2.03. The van der Waals surface area contributed by atoms with Crippen molar-refractivity contribution in [1.29, 1.82) is 0 Å². The second-order valence-corrected chi connectivity index (χ2v) is 6.32. The van der Waals surface area contributed by atoms with E-state index in [0.29, 0.717) is 26.6 Å². The Morgan fingerprint density at radius 2 is 1.90 bits per heavy atom. The number of halogens is 2. The summed E-state index contributed by atoms with van der Waals surface area (Å²) >= 11 is 13.7. The zero-order valence-corrected chi connectivity index (χ0v) is 13.1. The number of hydrogen-bond donors (Lipinski definition) is 0. The maximum absolute atomic E-state index is 6.32. The molecule has 3 aromatic rings. The summed E-state index contributed by atoms with van der Waals surface area (Å²) < 4.78 is 6.05. The Hall–Kier alpha value is -1.36. The highest BCUT2D eigenvalue weighted by Gasteiger charge is 2.14. The highest BCUT2D eigenvalue weighted by Crippen LogP contribution is 2.35. The maximum atomic E-state index is 6.32. The Kier molecular flexibility index (Phi) is 3.54. The molecule has 0 amide bonds. The molecule has 6 heteroatoms. The smallest absolute Gasteiger partial charge is 0.171 e. The van der Waals surface area contributed by atoms with Crippen LogP contribution in [0.5, 0.6) is 5.75 Å². The van der Waals surface area contributed by atoms with Crippen LogP contribution < -0.4 is 4.74 Å². The number of rotatable bonds is 2. The highest BCUT2D eigenvalue weighted by molar-refractivity contribution is 7.19. The third kappa shape index (κ3) is 2.24. The van der Waals surface area contributed by atoms with Gasteiger partial charge in [-0.3, -0.25) is 0 Å². The summed E-state index contributed by atoms with van der Waals surface area (Å²) in [6, 6.07) is 7.52.